The zero-order valence-electron chi connectivity index (χ0n) is 11.1. The molecule has 1 fully saturated rings. The van der Waals surface area contributed by atoms with Crippen LogP contribution in [-0.2, 0) is 16.8 Å². The van der Waals surface area contributed by atoms with E-state index in [2.05, 4.69) is 0 Å². The minimum absolute atomic E-state index is 0.0652. The van der Waals surface area contributed by atoms with Crippen LogP contribution in [0.2, 0.25) is 0 Å². The molecule has 0 saturated heterocycles. The second-order valence-corrected chi connectivity index (χ2v) is 6.80. The highest BCUT2D eigenvalue weighted by Crippen LogP contribution is 2.30. The lowest BCUT2D eigenvalue weighted by molar-refractivity contribution is 0.242. The van der Waals surface area contributed by atoms with E-state index >= 15 is 0 Å². The third-order valence-corrected chi connectivity index (χ3v) is 5.20. The number of hydrogen-bond acceptors (Lipinski definition) is 3. The van der Waals surface area contributed by atoms with Crippen LogP contribution in [0.5, 0.6) is 0 Å². The Bertz CT molecular complexity index is 500. The molecule has 1 aliphatic carbocycles. The topological polar surface area (TPSA) is 60.9 Å². The highest BCUT2D eigenvalue weighted by atomic mass is 32.2. The first-order valence-electron chi connectivity index (χ1n) is 6.43. The van der Waals surface area contributed by atoms with E-state index < -0.39 is 10.2 Å². The van der Waals surface area contributed by atoms with Crippen LogP contribution in [0.4, 0.5) is 0 Å². The summed E-state index contributed by atoms with van der Waals surface area (Å²) in [6.45, 7) is 0.374. The van der Waals surface area contributed by atoms with Crippen molar-refractivity contribution >= 4 is 10.2 Å². The Labute approximate surface area is 114 Å². The average Bonchev–Trinajstić information content (AvgIpc) is 3.21. The van der Waals surface area contributed by atoms with Crippen LogP contribution in [0.1, 0.15) is 18.4 Å². The molecule has 0 spiro atoms. The maximum Gasteiger partial charge on any atom is 0.282 e. The van der Waals surface area contributed by atoms with E-state index in [4.69, 9.17) is 5.11 Å². The van der Waals surface area contributed by atoms with E-state index in [0.29, 0.717) is 6.54 Å². The van der Waals surface area contributed by atoms with E-state index in [1.165, 1.54) is 8.61 Å². The molecule has 0 radical (unpaired) electrons. The minimum atomic E-state index is -3.49. The molecule has 1 aromatic rings. The van der Waals surface area contributed by atoms with Crippen molar-refractivity contribution in [3.8, 4) is 0 Å². The molecular formula is C13H20N2O3S. The Morgan fingerprint density at radius 3 is 2.42 bits per heavy atom. The molecule has 1 aliphatic rings. The van der Waals surface area contributed by atoms with Crippen LogP contribution in [0, 0.1) is 0 Å². The van der Waals surface area contributed by atoms with Crippen LogP contribution < -0.4 is 0 Å². The van der Waals surface area contributed by atoms with Gasteiger partial charge < -0.3 is 5.11 Å². The number of aliphatic hydroxyl groups is 1. The molecule has 0 amide bonds. The van der Waals surface area contributed by atoms with Crippen molar-refractivity contribution in [1.82, 2.24) is 8.61 Å². The first-order chi connectivity index (χ1) is 9.05. The minimum Gasteiger partial charge on any atom is -0.395 e. The Morgan fingerprint density at radius 1 is 1.26 bits per heavy atom. The first kappa shape index (κ1) is 14.5. The molecule has 0 heterocycles. The lowest BCUT2D eigenvalue weighted by Gasteiger charge is -2.27. The highest BCUT2D eigenvalue weighted by Gasteiger charge is 2.38. The van der Waals surface area contributed by atoms with Crippen molar-refractivity contribution in [3.05, 3.63) is 35.9 Å². The van der Waals surface area contributed by atoms with Crippen LogP contribution in [0.3, 0.4) is 0 Å². The van der Waals surface area contributed by atoms with Crippen molar-refractivity contribution in [3.63, 3.8) is 0 Å². The molecule has 2 rings (SSSR count). The van der Waals surface area contributed by atoms with Crippen molar-refractivity contribution in [2.45, 2.75) is 25.4 Å². The molecule has 0 bridgehead atoms. The summed E-state index contributed by atoms with van der Waals surface area (Å²) >= 11 is 0. The number of hydrogen-bond donors (Lipinski definition) is 1. The zero-order valence-corrected chi connectivity index (χ0v) is 11.9. The number of aliphatic hydroxyl groups excluding tert-OH is 1. The predicted molar refractivity (Wildman–Crippen MR) is 73.6 cm³/mol. The van der Waals surface area contributed by atoms with Gasteiger partial charge in [-0.05, 0) is 18.4 Å². The van der Waals surface area contributed by atoms with Crippen LogP contribution in [-0.4, -0.2) is 48.4 Å². The summed E-state index contributed by atoms with van der Waals surface area (Å²) in [4.78, 5) is 0. The smallest absolute Gasteiger partial charge is 0.282 e. The molecule has 6 heteroatoms. The summed E-state index contributed by atoms with van der Waals surface area (Å²) in [5.41, 5.74) is 0.952. The van der Waals surface area contributed by atoms with Crippen LogP contribution in [0.15, 0.2) is 30.3 Å². The van der Waals surface area contributed by atoms with E-state index in [9.17, 15) is 8.42 Å². The van der Waals surface area contributed by atoms with Gasteiger partial charge in [-0.3, -0.25) is 0 Å². The van der Waals surface area contributed by atoms with Crippen molar-refractivity contribution < 1.29 is 13.5 Å². The fourth-order valence-electron chi connectivity index (χ4n) is 2.05. The van der Waals surface area contributed by atoms with Gasteiger partial charge in [0.15, 0.2) is 0 Å². The second-order valence-electron chi connectivity index (χ2n) is 4.81. The summed E-state index contributed by atoms with van der Waals surface area (Å²) < 4.78 is 27.7. The summed E-state index contributed by atoms with van der Waals surface area (Å²) in [6.07, 6.45) is 1.77. The standard InChI is InChI=1S/C13H20N2O3S/c1-14(11-12-5-3-2-4-6-12)19(17,18)15(9-10-16)13-7-8-13/h2-6,13,16H,7-11H2,1H3. The van der Waals surface area contributed by atoms with Gasteiger partial charge in [-0.2, -0.15) is 17.0 Å². The maximum absolute atomic E-state index is 12.4. The van der Waals surface area contributed by atoms with Crippen molar-refractivity contribution in [2.75, 3.05) is 20.2 Å². The SMILES string of the molecule is CN(Cc1ccccc1)S(=O)(=O)N(CCO)C1CC1. The molecule has 1 saturated carbocycles. The Morgan fingerprint density at radius 2 is 1.89 bits per heavy atom. The van der Waals surface area contributed by atoms with Gasteiger partial charge >= 0.3 is 0 Å². The fourth-order valence-corrected chi connectivity index (χ4v) is 3.62. The van der Waals surface area contributed by atoms with Crippen molar-refractivity contribution in [2.24, 2.45) is 0 Å². The molecule has 1 N–H and O–H groups in total. The highest BCUT2D eigenvalue weighted by molar-refractivity contribution is 7.86. The monoisotopic (exact) mass is 284 g/mol. The molecule has 0 aromatic heterocycles. The molecule has 0 unspecified atom stereocenters. The van der Waals surface area contributed by atoms with Crippen LogP contribution >= 0.6 is 0 Å². The number of benzene rings is 1. The lowest BCUT2D eigenvalue weighted by Crippen LogP contribution is -2.44. The maximum atomic E-state index is 12.4. The van der Waals surface area contributed by atoms with E-state index in [0.717, 1.165) is 18.4 Å². The second kappa shape index (κ2) is 6.00. The summed E-state index contributed by atoms with van der Waals surface area (Å²) in [7, 11) is -1.91. The normalized spacial score (nSPS) is 16.2. The first-order valence-corrected chi connectivity index (χ1v) is 7.83. The average molecular weight is 284 g/mol. The Kier molecular flexibility index (Phi) is 4.57. The van der Waals surface area contributed by atoms with Crippen LogP contribution in [0.25, 0.3) is 0 Å². The van der Waals surface area contributed by atoms with E-state index in [1.54, 1.807) is 7.05 Å². The molecule has 0 aliphatic heterocycles. The molecule has 0 atom stereocenters. The lowest BCUT2D eigenvalue weighted by atomic mass is 10.2. The van der Waals surface area contributed by atoms with Gasteiger partial charge in [0.25, 0.3) is 10.2 Å². The summed E-state index contributed by atoms with van der Waals surface area (Å²) in [5, 5.41) is 9.02. The molecular weight excluding hydrogens is 264 g/mol. The van der Waals surface area contributed by atoms with Gasteiger partial charge in [0.1, 0.15) is 0 Å². The van der Waals surface area contributed by atoms with E-state index in [1.807, 2.05) is 30.3 Å². The van der Waals surface area contributed by atoms with Gasteiger partial charge in [0.05, 0.1) is 6.61 Å². The zero-order chi connectivity index (χ0) is 13.9. The Balaban J connectivity index is 2.09. The quantitative estimate of drug-likeness (QED) is 0.806. The Hall–Kier alpha value is -0.950. The van der Waals surface area contributed by atoms with Crippen molar-refractivity contribution in [1.29, 1.82) is 0 Å². The predicted octanol–water partition coefficient (Wildman–Crippen LogP) is 0.820. The van der Waals surface area contributed by atoms with Gasteiger partial charge in [-0.25, -0.2) is 0 Å². The van der Waals surface area contributed by atoms with E-state index in [-0.39, 0.29) is 19.2 Å². The summed E-state index contributed by atoms with van der Waals surface area (Å²) in [5.74, 6) is 0. The molecule has 106 valence electrons. The molecule has 1 aromatic carbocycles. The third-order valence-electron chi connectivity index (χ3n) is 3.21. The number of rotatable bonds is 7. The van der Waals surface area contributed by atoms with Gasteiger partial charge in [0.2, 0.25) is 0 Å². The van der Waals surface area contributed by atoms with Gasteiger partial charge in [-0.1, -0.05) is 30.3 Å². The summed E-state index contributed by atoms with van der Waals surface area (Å²) in [6, 6.07) is 9.55. The fraction of sp³-hybridized carbons (Fsp3) is 0.538. The van der Waals surface area contributed by atoms with Gasteiger partial charge in [0, 0.05) is 26.2 Å². The molecule has 19 heavy (non-hydrogen) atoms. The third kappa shape index (κ3) is 3.54. The largest absolute Gasteiger partial charge is 0.395 e. The number of nitrogens with zero attached hydrogens (tertiary/aromatic N) is 2. The molecule has 5 nitrogen and oxygen atoms in total. The van der Waals surface area contributed by atoms with Gasteiger partial charge in [-0.15, -0.1) is 0 Å².